The van der Waals surface area contributed by atoms with Gasteiger partial charge in [0.05, 0.1) is 12.7 Å². The van der Waals surface area contributed by atoms with Crippen LogP contribution in [0.5, 0.6) is 0 Å². The molecule has 1 aromatic carbocycles. The highest BCUT2D eigenvalue weighted by molar-refractivity contribution is 5.19. The normalized spacial score (nSPS) is 21.4. The lowest BCUT2D eigenvalue weighted by atomic mass is 9.99. The first kappa shape index (κ1) is 16.4. The SMILES string of the molecule is CCCN1CCOC(C(Cc2ccccc2F)NCC)C1. The van der Waals surface area contributed by atoms with Crippen LogP contribution in [0.2, 0.25) is 0 Å². The molecule has 4 heteroatoms. The smallest absolute Gasteiger partial charge is 0.126 e. The number of morpholine rings is 1. The summed E-state index contributed by atoms with van der Waals surface area (Å²) in [5.41, 5.74) is 0.764. The lowest BCUT2D eigenvalue weighted by Crippen LogP contribution is -2.53. The topological polar surface area (TPSA) is 24.5 Å². The van der Waals surface area contributed by atoms with Crippen molar-refractivity contribution < 1.29 is 9.13 Å². The second-order valence-corrected chi connectivity index (χ2v) is 5.67. The molecule has 1 N–H and O–H groups in total. The Kier molecular flexibility index (Phi) is 6.61. The van der Waals surface area contributed by atoms with E-state index in [-0.39, 0.29) is 18.0 Å². The Bertz CT molecular complexity index is 425. The van der Waals surface area contributed by atoms with E-state index in [0.29, 0.717) is 6.42 Å². The van der Waals surface area contributed by atoms with Gasteiger partial charge in [0.2, 0.25) is 0 Å². The fourth-order valence-corrected chi connectivity index (χ4v) is 2.99. The lowest BCUT2D eigenvalue weighted by molar-refractivity contribution is -0.0460. The van der Waals surface area contributed by atoms with Gasteiger partial charge in [-0.1, -0.05) is 32.0 Å². The molecule has 1 saturated heterocycles. The summed E-state index contributed by atoms with van der Waals surface area (Å²) in [5, 5.41) is 3.47. The van der Waals surface area contributed by atoms with Crippen molar-refractivity contribution in [1.29, 1.82) is 0 Å². The maximum atomic E-state index is 13.9. The Morgan fingerprint density at radius 1 is 1.38 bits per heavy atom. The third kappa shape index (κ3) is 4.77. The summed E-state index contributed by atoms with van der Waals surface area (Å²) in [5.74, 6) is -0.123. The third-order valence-electron chi connectivity index (χ3n) is 4.03. The lowest BCUT2D eigenvalue weighted by Gasteiger charge is -2.37. The second kappa shape index (κ2) is 8.47. The van der Waals surface area contributed by atoms with Crippen LogP contribution >= 0.6 is 0 Å². The zero-order valence-corrected chi connectivity index (χ0v) is 13.1. The van der Waals surface area contributed by atoms with Gasteiger partial charge in [-0.25, -0.2) is 4.39 Å². The van der Waals surface area contributed by atoms with E-state index in [9.17, 15) is 4.39 Å². The summed E-state index contributed by atoms with van der Waals surface area (Å²) in [7, 11) is 0. The highest BCUT2D eigenvalue weighted by atomic mass is 19.1. The average Bonchev–Trinajstić information content (AvgIpc) is 2.49. The molecular formula is C17H27FN2O. The van der Waals surface area contributed by atoms with Crippen molar-refractivity contribution in [3.05, 3.63) is 35.6 Å². The second-order valence-electron chi connectivity index (χ2n) is 5.67. The van der Waals surface area contributed by atoms with Crippen LogP contribution in [0.3, 0.4) is 0 Å². The van der Waals surface area contributed by atoms with Crippen molar-refractivity contribution >= 4 is 0 Å². The van der Waals surface area contributed by atoms with Gasteiger partial charge in [-0.05, 0) is 37.6 Å². The first-order chi connectivity index (χ1) is 10.2. The quantitative estimate of drug-likeness (QED) is 0.836. The summed E-state index contributed by atoms with van der Waals surface area (Å²) >= 11 is 0. The summed E-state index contributed by atoms with van der Waals surface area (Å²) in [6, 6.07) is 7.19. The fourth-order valence-electron chi connectivity index (χ4n) is 2.99. The summed E-state index contributed by atoms with van der Waals surface area (Å²) < 4.78 is 19.8. The van der Waals surface area contributed by atoms with E-state index in [0.717, 1.165) is 44.8 Å². The van der Waals surface area contributed by atoms with Crippen molar-refractivity contribution in [2.24, 2.45) is 0 Å². The van der Waals surface area contributed by atoms with Gasteiger partial charge in [0.1, 0.15) is 5.82 Å². The molecule has 1 aliphatic heterocycles. The highest BCUT2D eigenvalue weighted by Gasteiger charge is 2.28. The largest absolute Gasteiger partial charge is 0.374 e. The molecule has 1 heterocycles. The van der Waals surface area contributed by atoms with E-state index in [4.69, 9.17) is 4.74 Å². The Labute approximate surface area is 127 Å². The molecule has 0 bridgehead atoms. The number of halogens is 1. The maximum absolute atomic E-state index is 13.9. The van der Waals surface area contributed by atoms with Gasteiger partial charge < -0.3 is 10.1 Å². The summed E-state index contributed by atoms with van der Waals surface area (Å²) in [4.78, 5) is 2.44. The molecular weight excluding hydrogens is 267 g/mol. The van der Waals surface area contributed by atoms with Gasteiger partial charge in [-0.15, -0.1) is 0 Å². The molecule has 1 aliphatic rings. The van der Waals surface area contributed by atoms with Crippen LogP contribution < -0.4 is 5.32 Å². The minimum Gasteiger partial charge on any atom is -0.374 e. The Balaban J connectivity index is 2.02. The van der Waals surface area contributed by atoms with Crippen LogP contribution in [0.1, 0.15) is 25.8 Å². The molecule has 1 fully saturated rings. The molecule has 0 radical (unpaired) electrons. The van der Waals surface area contributed by atoms with E-state index < -0.39 is 0 Å². The molecule has 118 valence electrons. The molecule has 3 nitrogen and oxygen atoms in total. The van der Waals surface area contributed by atoms with Crippen LogP contribution in [0.15, 0.2) is 24.3 Å². The number of ether oxygens (including phenoxy) is 1. The van der Waals surface area contributed by atoms with E-state index in [1.807, 2.05) is 12.1 Å². The van der Waals surface area contributed by atoms with E-state index in [1.54, 1.807) is 6.07 Å². The van der Waals surface area contributed by atoms with E-state index >= 15 is 0 Å². The minimum absolute atomic E-state index is 0.123. The van der Waals surface area contributed by atoms with Crippen LogP contribution in [0, 0.1) is 5.82 Å². The molecule has 0 amide bonds. The van der Waals surface area contributed by atoms with Crippen LogP contribution in [-0.2, 0) is 11.2 Å². The van der Waals surface area contributed by atoms with Crippen molar-refractivity contribution in [3.8, 4) is 0 Å². The first-order valence-corrected chi connectivity index (χ1v) is 8.05. The Morgan fingerprint density at radius 3 is 2.90 bits per heavy atom. The van der Waals surface area contributed by atoms with Crippen LogP contribution in [0.25, 0.3) is 0 Å². The third-order valence-corrected chi connectivity index (χ3v) is 4.03. The van der Waals surface area contributed by atoms with Crippen LogP contribution in [-0.4, -0.2) is 49.8 Å². The van der Waals surface area contributed by atoms with Gasteiger partial charge in [0.15, 0.2) is 0 Å². The Hall–Kier alpha value is -0.970. The zero-order valence-electron chi connectivity index (χ0n) is 13.1. The molecule has 2 unspecified atom stereocenters. The van der Waals surface area contributed by atoms with Crippen molar-refractivity contribution in [2.75, 3.05) is 32.8 Å². The van der Waals surface area contributed by atoms with Gasteiger partial charge in [-0.3, -0.25) is 4.90 Å². The number of nitrogens with zero attached hydrogens (tertiary/aromatic N) is 1. The zero-order chi connectivity index (χ0) is 15.1. The predicted molar refractivity (Wildman–Crippen MR) is 84.0 cm³/mol. The van der Waals surface area contributed by atoms with Gasteiger partial charge in [-0.2, -0.15) is 0 Å². The first-order valence-electron chi connectivity index (χ1n) is 8.05. The number of nitrogens with one attached hydrogen (secondary N) is 1. The molecule has 1 aromatic rings. The van der Waals surface area contributed by atoms with Crippen molar-refractivity contribution in [2.45, 2.75) is 38.8 Å². The number of benzene rings is 1. The molecule has 0 spiro atoms. The van der Waals surface area contributed by atoms with Crippen LogP contribution in [0.4, 0.5) is 4.39 Å². The van der Waals surface area contributed by atoms with Gasteiger partial charge >= 0.3 is 0 Å². The van der Waals surface area contributed by atoms with Crippen molar-refractivity contribution in [1.82, 2.24) is 10.2 Å². The van der Waals surface area contributed by atoms with Gasteiger partial charge in [0, 0.05) is 19.1 Å². The average molecular weight is 294 g/mol. The molecule has 21 heavy (non-hydrogen) atoms. The number of likely N-dealkylation sites (N-methyl/N-ethyl adjacent to an activating group) is 1. The monoisotopic (exact) mass is 294 g/mol. The highest BCUT2D eigenvalue weighted by Crippen LogP contribution is 2.16. The molecule has 0 saturated carbocycles. The number of hydrogen-bond donors (Lipinski definition) is 1. The number of hydrogen-bond acceptors (Lipinski definition) is 3. The van der Waals surface area contributed by atoms with E-state index in [1.165, 1.54) is 6.07 Å². The summed E-state index contributed by atoms with van der Waals surface area (Å²) in [6.45, 7) is 8.96. The molecule has 0 aromatic heterocycles. The standard InChI is InChI=1S/C17H27FN2O/c1-3-9-20-10-11-21-17(13-20)16(19-4-2)12-14-7-5-6-8-15(14)18/h5-8,16-17,19H,3-4,9-13H2,1-2H3. The number of rotatable bonds is 7. The van der Waals surface area contributed by atoms with Crippen molar-refractivity contribution in [3.63, 3.8) is 0 Å². The Morgan fingerprint density at radius 2 is 2.19 bits per heavy atom. The summed E-state index contributed by atoms with van der Waals surface area (Å²) in [6.07, 6.45) is 1.96. The predicted octanol–water partition coefficient (Wildman–Crippen LogP) is 2.46. The minimum atomic E-state index is -0.123. The van der Waals surface area contributed by atoms with E-state index in [2.05, 4.69) is 24.1 Å². The van der Waals surface area contributed by atoms with Gasteiger partial charge in [0.25, 0.3) is 0 Å². The molecule has 0 aliphatic carbocycles. The fraction of sp³-hybridized carbons (Fsp3) is 0.647. The molecule has 2 rings (SSSR count). The molecule has 2 atom stereocenters. The maximum Gasteiger partial charge on any atom is 0.126 e.